The molecule has 0 aromatic rings. The molecule has 126 valence electrons. The van der Waals surface area contributed by atoms with E-state index in [0.717, 1.165) is 38.6 Å². The lowest BCUT2D eigenvalue weighted by Crippen LogP contribution is -2.59. The van der Waals surface area contributed by atoms with Crippen molar-refractivity contribution in [2.75, 3.05) is 20.6 Å². The van der Waals surface area contributed by atoms with Crippen molar-refractivity contribution in [1.29, 1.82) is 0 Å². The van der Waals surface area contributed by atoms with E-state index in [-0.39, 0.29) is 18.0 Å². The van der Waals surface area contributed by atoms with Gasteiger partial charge in [0.1, 0.15) is 0 Å². The van der Waals surface area contributed by atoms with Crippen molar-refractivity contribution >= 4 is 0 Å². The van der Waals surface area contributed by atoms with Gasteiger partial charge in [-0.2, -0.15) is 13.2 Å². The van der Waals surface area contributed by atoms with Gasteiger partial charge in [0.05, 0.1) is 0 Å². The van der Waals surface area contributed by atoms with Gasteiger partial charge >= 0.3 is 6.18 Å². The van der Waals surface area contributed by atoms with E-state index < -0.39 is 12.6 Å². The molecular weight excluding hydrogens is 277 g/mol. The SMILES string of the molecule is CCCNC(CCC(F)(F)F)C1(N(C)C)CCCCCC1. The summed E-state index contributed by atoms with van der Waals surface area (Å²) in [6, 6.07) is -0.0767. The Labute approximate surface area is 127 Å². The van der Waals surface area contributed by atoms with Crippen molar-refractivity contribution in [3.05, 3.63) is 0 Å². The largest absolute Gasteiger partial charge is 0.389 e. The van der Waals surface area contributed by atoms with Gasteiger partial charge in [0.15, 0.2) is 0 Å². The number of rotatable bonds is 7. The highest BCUT2D eigenvalue weighted by Crippen LogP contribution is 2.37. The number of nitrogens with one attached hydrogen (secondary N) is 1. The average Bonchev–Trinajstić information content (AvgIpc) is 2.64. The zero-order chi connectivity index (χ0) is 15.9. The third kappa shape index (κ3) is 5.78. The fraction of sp³-hybridized carbons (Fsp3) is 1.00. The molecule has 1 unspecified atom stereocenters. The summed E-state index contributed by atoms with van der Waals surface area (Å²) in [6.07, 6.45) is 3.02. The zero-order valence-electron chi connectivity index (χ0n) is 13.7. The van der Waals surface area contributed by atoms with Crippen LogP contribution in [0.25, 0.3) is 0 Å². The second kappa shape index (κ2) is 8.37. The third-order valence-corrected chi connectivity index (χ3v) is 4.87. The van der Waals surface area contributed by atoms with Crippen LogP contribution in [0.1, 0.15) is 64.7 Å². The maximum atomic E-state index is 12.7. The van der Waals surface area contributed by atoms with Crippen LogP contribution in [0.5, 0.6) is 0 Å². The fourth-order valence-corrected chi connectivity index (χ4v) is 3.64. The molecule has 0 aromatic carbocycles. The Kier molecular flexibility index (Phi) is 7.48. The van der Waals surface area contributed by atoms with Gasteiger partial charge in [0.2, 0.25) is 0 Å². The fourth-order valence-electron chi connectivity index (χ4n) is 3.64. The first kappa shape index (κ1) is 18.8. The second-order valence-corrected chi connectivity index (χ2v) is 6.57. The molecule has 1 aliphatic carbocycles. The number of hydrogen-bond donors (Lipinski definition) is 1. The summed E-state index contributed by atoms with van der Waals surface area (Å²) >= 11 is 0. The van der Waals surface area contributed by atoms with Gasteiger partial charge in [-0.25, -0.2) is 0 Å². The van der Waals surface area contributed by atoms with E-state index in [4.69, 9.17) is 0 Å². The van der Waals surface area contributed by atoms with Crippen LogP contribution in [0.3, 0.4) is 0 Å². The van der Waals surface area contributed by atoms with E-state index in [1.165, 1.54) is 12.8 Å². The molecule has 1 N–H and O–H groups in total. The van der Waals surface area contributed by atoms with Crippen molar-refractivity contribution in [2.45, 2.75) is 82.5 Å². The Morgan fingerprint density at radius 1 is 1.10 bits per heavy atom. The lowest BCUT2D eigenvalue weighted by molar-refractivity contribution is -0.138. The predicted molar refractivity (Wildman–Crippen MR) is 81.5 cm³/mol. The summed E-state index contributed by atoms with van der Waals surface area (Å²) in [4.78, 5) is 2.18. The predicted octanol–water partition coefficient (Wildman–Crippen LogP) is 4.35. The highest BCUT2D eigenvalue weighted by Gasteiger charge is 2.42. The third-order valence-electron chi connectivity index (χ3n) is 4.87. The molecule has 1 rings (SSSR count). The Bertz CT molecular complexity index is 282. The molecule has 0 saturated heterocycles. The summed E-state index contributed by atoms with van der Waals surface area (Å²) in [6.45, 7) is 2.85. The normalized spacial score (nSPS) is 21.3. The molecular formula is C16H31F3N2. The molecule has 21 heavy (non-hydrogen) atoms. The van der Waals surface area contributed by atoms with Gasteiger partial charge in [0.25, 0.3) is 0 Å². The van der Waals surface area contributed by atoms with Crippen molar-refractivity contribution in [3.63, 3.8) is 0 Å². The number of hydrogen-bond acceptors (Lipinski definition) is 2. The molecule has 0 radical (unpaired) electrons. The van der Waals surface area contributed by atoms with Crippen molar-refractivity contribution in [2.24, 2.45) is 0 Å². The number of alkyl halides is 3. The van der Waals surface area contributed by atoms with Gasteiger partial charge in [-0.3, -0.25) is 0 Å². The molecule has 2 nitrogen and oxygen atoms in total. The maximum Gasteiger partial charge on any atom is 0.389 e. The Morgan fingerprint density at radius 2 is 1.67 bits per heavy atom. The standard InChI is InChI=1S/C16H31F3N2/c1-4-13-20-14(9-12-16(17,18)19)15(21(2)3)10-7-5-6-8-11-15/h14,20H,4-13H2,1-3H3. The Balaban J connectivity index is 2.87. The molecule has 0 bridgehead atoms. The smallest absolute Gasteiger partial charge is 0.312 e. The minimum Gasteiger partial charge on any atom is -0.312 e. The summed E-state index contributed by atoms with van der Waals surface area (Å²) < 4.78 is 38.0. The van der Waals surface area contributed by atoms with E-state index >= 15 is 0 Å². The topological polar surface area (TPSA) is 15.3 Å². The molecule has 1 saturated carbocycles. The zero-order valence-corrected chi connectivity index (χ0v) is 13.7. The summed E-state index contributed by atoms with van der Waals surface area (Å²) in [5.41, 5.74) is -0.128. The number of likely N-dealkylation sites (N-methyl/N-ethyl adjacent to an activating group) is 1. The van der Waals surface area contributed by atoms with Crippen LogP contribution in [-0.4, -0.2) is 43.3 Å². The summed E-state index contributed by atoms with van der Waals surface area (Å²) in [5.74, 6) is 0. The summed E-state index contributed by atoms with van der Waals surface area (Å²) in [7, 11) is 4.05. The molecule has 0 aromatic heterocycles. The highest BCUT2D eigenvalue weighted by atomic mass is 19.4. The van der Waals surface area contributed by atoms with Crippen LogP contribution in [0.15, 0.2) is 0 Å². The Morgan fingerprint density at radius 3 is 2.10 bits per heavy atom. The van der Waals surface area contributed by atoms with Crippen molar-refractivity contribution in [3.8, 4) is 0 Å². The quantitative estimate of drug-likeness (QED) is 0.703. The monoisotopic (exact) mass is 308 g/mol. The first-order valence-corrected chi connectivity index (χ1v) is 8.29. The molecule has 0 amide bonds. The number of nitrogens with zero attached hydrogens (tertiary/aromatic N) is 1. The van der Waals surface area contributed by atoms with E-state index in [1.54, 1.807) is 0 Å². The molecule has 0 aliphatic heterocycles. The molecule has 0 heterocycles. The van der Waals surface area contributed by atoms with Gasteiger partial charge in [0, 0.05) is 18.0 Å². The van der Waals surface area contributed by atoms with Crippen LogP contribution >= 0.6 is 0 Å². The molecule has 5 heteroatoms. The lowest BCUT2D eigenvalue weighted by atomic mass is 9.79. The van der Waals surface area contributed by atoms with Crippen LogP contribution in [-0.2, 0) is 0 Å². The Hall–Kier alpha value is -0.290. The van der Waals surface area contributed by atoms with Gasteiger partial charge < -0.3 is 10.2 Å². The number of halogens is 3. The first-order valence-electron chi connectivity index (χ1n) is 8.29. The van der Waals surface area contributed by atoms with Gasteiger partial charge in [-0.1, -0.05) is 32.6 Å². The second-order valence-electron chi connectivity index (χ2n) is 6.57. The van der Waals surface area contributed by atoms with E-state index in [9.17, 15) is 13.2 Å². The average molecular weight is 308 g/mol. The molecule has 1 atom stereocenters. The van der Waals surface area contributed by atoms with E-state index in [2.05, 4.69) is 17.1 Å². The lowest BCUT2D eigenvalue weighted by Gasteiger charge is -2.46. The van der Waals surface area contributed by atoms with E-state index in [0.29, 0.717) is 0 Å². The van der Waals surface area contributed by atoms with Gasteiger partial charge in [-0.15, -0.1) is 0 Å². The van der Waals surface area contributed by atoms with Crippen LogP contribution in [0.4, 0.5) is 13.2 Å². The van der Waals surface area contributed by atoms with Crippen LogP contribution in [0.2, 0.25) is 0 Å². The highest BCUT2D eigenvalue weighted by molar-refractivity contribution is 5.00. The minimum absolute atomic E-state index is 0.0767. The van der Waals surface area contributed by atoms with Crippen LogP contribution in [0, 0.1) is 0 Å². The molecule has 1 fully saturated rings. The van der Waals surface area contributed by atoms with Gasteiger partial charge in [-0.05, 0) is 46.3 Å². The summed E-state index contributed by atoms with van der Waals surface area (Å²) in [5, 5.41) is 3.42. The molecule has 0 spiro atoms. The van der Waals surface area contributed by atoms with Crippen molar-refractivity contribution in [1.82, 2.24) is 10.2 Å². The first-order chi connectivity index (χ1) is 9.82. The van der Waals surface area contributed by atoms with Crippen LogP contribution < -0.4 is 5.32 Å². The van der Waals surface area contributed by atoms with E-state index in [1.807, 2.05) is 14.1 Å². The maximum absolute atomic E-state index is 12.7. The molecule has 1 aliphatic rings. The van der Waals surface area contributed by atoms with Crippen molar-refractivity contribution < 1.29 is 13.2 Å². The minimum atomic E-state index is -4.07.